The van der Waals surface area contributed by atoms with E-state index in [4.69, 9.17) is 39.9 Å². The van der Waals surface area contributed by atoms with Crippen molar-refractivity contribution in [2.45, 2.75) is 18.8 Å². The Kier molecular flexibility index (Phi) is 9.32. The van der Waals surface area contributed by atoms with Gasteiger partial charge in [0.1, 0.15) is 0 Å². The number of carbonyl (C=O) groups excluding carboxylic acids is 1. The first-order valence-corrected chi connectivity index (χ1v) is 10.6. The summed E-state index contributed by atoms with van der Waals surface area (Å²) < 4.78 is 81.6. The van der Waals surface area contributed by atoms with Crippen molar-refractivity contribution in [3.05, 3.63) is 73.7 Å². The smallest absolute Gasteiger partial charge is 0.417 e. The van der Waals surface area contributed by atoms with Gasteiger partial charge >= 0.3 is 18.4 Å². The molecule has 3 N–H and O–H groups in total. The minimum Gasteiger partial charge on any atom is -0.465 e. The number of alkyl halides is 6. The Hall–Kier alpha value is -2.63. The van der Waals surface area contributed by atoms with Gasteiger partial charge in [-0.3, -0.25) is 4.79 Å². The van der Waals surface area contributed by atoms with Gasteiger partial charge in [-0.25, -0.2) is 4.79 Å². The van der Waals surface area contributed by atoms with Crippen LogP contribution in [0.2, 0.25) is 15.1 Å². The van der Waals surface area contributed by atoms with Crippen LogP contribution in [-0.4, -0.2) is 36.4 Å². The van der Waals surface area contributed by atoms with Crippen LogP contribution < -0.4 is 10.6 Å². The number of carboxylic acid groups (broad SMARTS) is 1. The van der Waals surface area contributed by atoms with E-state index in [1.807, 2.05) is 5.32 Å². The van der Waals surface area contributed by atoms with Crippen molar-refractivity contribution in [1.82, 2.24) is 10.6 Å². The lowest BCUT2D eigenvalue weighted by Gasteiger charge is -2.16. The average Bonchev–Trinajstić information content (AvgIpc) is 2.73. The number of hydrogen-bond acceptors (Lipinski definition) is 2. The van der Waals surface area contributed by atoms with Crippen LogP contribution in [0.4, 0.5) is 31.1 Å². The molecule has 14 heteroatoms. The standard InChI is InChI=1S/C21H15Cl3F6N2O3/c22-15-8-11(9-16(23)17(15)24)13(20(25,26)27)4-2-10-1-3-12(14(7-10)21(28,29)30)18(33)31-5-6-32-19(34)35/h1,3-4,7-9,32H,2,5-6H2,(H,31,33)(H,34,35). The van der Waals surface area contributed by atoms with Crippen molar-refractivity contribution < 1.29 is 41.0 Å². The van der Waals surface area contributed by atoms with Gasteiger partial charge in [0.2, 0.25) is 0 Å². The highest BCUT2D eigenvalue weighted by Crippen LogP contribution is 2.40. The van der Waals surface area contributed by atoms with E-state index >= 15 is 0 Å². The highest BCUT2D eigenvalue weighted by atomic mass is 35.5. The molecule has 0 unspecified atom stereocenters. The molecule has 2 aromatic carbocycles. The second-order valence-corrected chi connectivity index (χ2v) is 8.13. The van der Waals surface area contributed by atoms with Gasteiger partial charge in [-0.05, 0) is 41.8 Å². The average molecular weight is 564 g/mol. The minimum absolute atomic E-state index is 0.152. The van der Waals surface area contributed by atoms with Crippen LogP contribution in [0.25, 0.3) is 5.57 Å². The van der Waals surface area contributed by atoms with E-state index < -0.39 is 53.0 Å². The van der Waals surface area contributed by atoms with Crippen LogP contribution in [0.1, 0.15) is 27.0 Å². The molecule has 0 aromatic heterocycles. The van der Waals surface area contributed by atoms with Gasteiger partial charge in [0.05, 0.1) is 31.8 Å². The topological polar surface area (TPSA) is 78.4 Å². The number of hydrogen-bond donors (Lipinski definition) is 3. The fourth-order valence-electron chi connectivity index (χ4n) is 2.92. The number of benzene rings is 2. The number of allylic oxidation sites excluding steroid dienone is 2. The molecule has 0 atom stereocenters. The maximum absolute atomic E-state index is 13.6. The van der Waals surface area contributed by atoms with Gasteiger partial charge in [-0.2, -0.15) is 26.3 Å². The van der Waals surface area contributed by atoms with Crippen molar-refractivity contribution in [3.63, 3.8) is 0 Å². The highest BCUT2D eigenvalue weighted by molar-refractivity contribution is 6.48. The van der Waals surface area contributed by atoms with Crippen LogP contribution in [0.3, 0.4) is 0 Å². The molecule has 0 radical (unpaired) electrons. The monoisotopic (exact) mass is 562 g/mol. The van der Waals surface area contributed by atoms with Crippen LogP contribution in [0.15, 0.2) is 36.4 Å². The SMILES string of the molecule is O=C(O)NCCNC(=O)c1ccc(CC=C(c2cc(Cl)c(Cl)c(Cl)c2)C(F)(F)F)cc1C(F)(F)F. The van der Waals surface area contributed by atoms with Crippen molar-refractivity contribution in [2.75, 3.05) is 13.1 Å². The Morgan fingerprint density at radius 3 is 2.00 bits per heavy atom. The summed E-state index contributed by atoms with van der Waals surface area (Å²) in [5, 5.41) is 11.9. The molecular formula is C21H15Cl3F6N2O3. The number of carbonyl (C=O) groups is 2. The summed E-state index contributed by atoms with van der Waals surface area (Å²) in [6, 6.07) is 4.34. The van der Waals surface area contributed by atoms with Gasteiger partial charge in [-0.1, -0.05) is 46.9 Å². The second-order valence-electron chi connectivity index (χ2n) is 6.94. The zero-order chi connectivity index (χ0) is 26.6. The first kappa shape index (κ1) is 28.6. The normalized spacial score (nSPS) is 12.4. The molecule has 35 heavy (non-hydrogen) atoms. The van der Waals surface area contributed by atoms with Crippen LogP contribution in [0.5, 0.6) is 0 Å². The molecule has 0 saturated heterocycles. The lowest BCUT2D eigenvalue weighted by molar-refractivity contribution is -0.138. The molecular weight excluding hydrogens is 549 g/mol. The maximum atomic E-state index is 13.6. The van der Waals surface area contributed by atoms with Crippen LogP contribution in [0, 0.1) is 0 Å². The summed E-state index contributed by atoms with van der Waals surface area (Å²) >= 11 is 17.4. The molecule has 2 amide bonds. The van der Waals surface area contributed by atoms with Gasteiger partial charge < -0.3 is 15.7 Å². The van der Waals surface area contributed by atoms with Crippen molar-refractivity contribution >= 4 is 52.4 Å². The Morgan fingerprint density at radius 1 is 0.914 bits per heavy atom. The summed E-state index contributed by atoms with van der Waals surface area (Å²) in [6.07, 6.45) is -11.2. The minimum atomic E-state index is -4.99. The van der Waals surface area contributed by atoms with E-state index in [1.165, 1.54) is 0 Å². The first-order valence-electron chi connectivity index (χ1n) is 9.48. The number of amides is 2. The highest BCUT2D eigenvalue weighted by Gasteiger charge is 2.37. The molecule has 0 bridgehead atoms. The molecule has 0 heterocycles. The molecule has 2 aromatic rings. The Bertz CT molecular complexity index is 1130. The Balaban J connectivity index is 2.38. The van der Waals surface area contributed by atoms with E-state index in [1.54, 1.807) is 0 Å². The van der Waals surface area contributed by atoms with Gasteiger partial charge in [0.15, 0.2) is 0 Å². The molecule has 2 rings (SSSR count). The van der Waals surface area contributed by atoms with E-state index in [0.29, 0.717) is 12.1 Å². The molecule has 190 valence electrons. The third-order valence-corrected chi connectivity index (χ3v) is 5.66. The molecule has 0 aliphatic heterocycles. The van der Waals surface area contributed by atoms with E-state index in [9.17, 15) is 35.9 Å². The molecule has 0 spiro atoms. The fraction of sp³-hybridized carbons (Fsp3) is 0.238. The molecule has 0 saturated carbocycles. The summed E-state index contributed by atoms with van der Waals surface area (Å²) in [4.78, 5) is 22.5. The fourth-order valence-corrected chi connectivity index (χ4v) is 3.52. The zero-order valence-corrected chi connectivity index (χ0v) is 19.5. The van der Waals surface area contributed by atoms with E-state index in [-0.39, 0.29) is 33.7 Å². The molecule has 0 aliphatic rings. The molecule has 5 nitrogen and oxygen atoms in total. The first-order chi connectivity index (χ1) is 16.1. The van der Waals surface area contributed by atoms with Crippen molar-refractivity contribution in [2.24, 2.45) is 0 Å². The van der Waals surface area contributed by atoms with Gasteiger partial charge in [0, 0.05) is 13.1 Å². The zero-order valence-electron chi connectivity index (χ0n) is 17.3. The largest absolute Gasteiger partial charge is 0.465 e. The van der Waals surface area contributed by atoms with Crippen LogP contribution >= 0.6 is 34.8 Å². The van der Waals surface area contributed by atoms with E-state index in [0.717, 1.165) is 24.3 Å². The van der Waals surface area contributed by atoms with Crippen LogP contribution in [-0.2, 0) is 12.6 Å². The maximum Gasteiger partial charge on any atom is 0.417 e. The number of nitrogens with one attached hydrogen (secondary N) is 2. The van der Waals surface area contributed by atoms with Crippen molar-refractivity contribution in [3.8, 4) is 0 Å². The van der Waals surface area contributed by atoms with E-state index in [2.05, 4.69) is 5.32 Å². The predicted octanol–water partition coefficient (Wildman–Crippen LogP) is 6.85. The number of halogens is 9. The summed E-state index contributed by atoms with van der Waals surface area (Å²) in [5.41, 5.74) is -3.92. The molecule has 0 fully saturated rings. The Labute approximate surface area is 209 Å². The van der Waals surface area contributed by atoms with Crippen molar-refractivity contribution in [1.29, 1.82) is 0 Å². The summed E-state index contributed by atoms with van der Waals surface area (Å²) in [5.74, 6) is -1.13. The second kappa shape index (κ2) is 11.4. The lowest BCUT2D eigenvalue weighted by atomic mass is 9.98. The summed E-state index contributed by atoms with van der Waals surface area (Å²) in [6.45, 7) is -0.529. The predicted molar refractivity (Wildman–Crippen MR) is 119 cm³/mol. The summed E-state index contributed by atoms with van der Waals surface area (Å²) in [7, 11) is 0. The lowest BCUT2D eigenvalue weighted by Crippen LogP contribution is -2.34. The van der Waals surface area contributed by atoms with Gasteiger partial charge in [-0.15, -0.1) is 0 Å². The third-order valence-electron chi connectivity index (χ3n) is 4.46. The number of rotatable bonds is 7. The quantitative estimate of drug-likeness (QED) is 0.196. The molecule has 0 aliphatic carbocycles. The van der Waals surface area contributed by atoms with Gasteiger partial charge in [0.25, 0.3) is 5.91 Å². The Morgan fingerprint density at radius 2 is 1.49 bits per heavy atom. The third kappa shape index (κ3) is 7.94.